The average Bonchev–Trinajstić information content (AvgIpc) is 3.18. The maximum atomic E-state index is 13.0. The van der Waals surface area contributed by atoms with Gasteiger partial charge in [-0.25, -0.2) is 0 Å². The van der Waals surface area contributed by atoms with E-state index in [0.717, 1.165) is 41.7 Å². The maximum absolute atomic E-state index is 13.0. The highest BCUT2D eigenvalue weighted by Crippen LogP contribution is 2.18. The molecule has 154 valence electrons. The normalized spacial score (nSPS) is 16.0. The van der Waals surface area contributed by atoms with Crippen molar-refractivity contribution in [1.82, 2.24) is 10.6 Å². The van der Waals surface area contributed by atoms with Crippen LogP contribution in [0.3, 0.4) is 0 Å². The van der Waals surface area contributed by atoms with Crippen molar-refractivity contribution in [3.05, 3.63) is 63.0 Å². The fourth-order valence-electron chi connectivity index (χ4n) is 3.61. The van der Waals surface area contributed by atoms with Gasteiger partial charge in [-0.3, -0.25) is 9.59 Å². The number of amides is 2. The molecule has 1 aromatic carbocycles. The van der Waals surface area contributed by atoms with Gasteiger partial charge in [0, 0.05) is 16.5 Å². The first-order chi connectivity index (χ1) is 14.0. The molecule has 0 radical (unpaired) electrons. The van der Waals surface area contributed by atoms with Gasteiger partial charge in [-0.1, -0.05) is 44.2 Å². The minimum atomic E-state index is -0.260. The number of aryl methyl sites for hydroxylation is 2. The standard InChI is InChI=1S/C24H30N2O2S/c1-17-12-13-19(15-18(17)2)23(27)26-22(16-21-11-8-14-29-21)24(28)25-20-9-6-4-3-5-7-10-20/h8,11-16,20H,3-7,9-10H2,1-2H3,(H,25,28)(H,26,27)/b22-16-. The van der Waals surface area contributed by atoms with Crippen LogP contribution in [0.25, 0.3) is 6.08 Å². The lowest BCUT2D eigenvalue weighted by Gasteiger charge is -2.22. The number of hydrogen-bond donors (Lipinski definition) is 2. The highest BCUT2D eigenvalue weighted by molar-refractivity contribution is 7.10. The smallest absolute Gasteiger partial charge is 0.268 e. The quantitative estimate of drug-likeness (QED) is 0.652. The van der Waals surface area contributed by atoms with Crippen LogP contribution in [-0.2, 0) is 4.79 Å². The molecule has 1 saturated carbocycles. The fraction of sp³-hybridized carbons (Fsp3) is 0.417. The van der Waals surface area contributed by atoms with Gasteiger partial charge >= 0.3 is 0 Å². The lowest BCUT2D eigenvalue weighted by Crippen LogP contribution is -2.40. The number of benzene rings is 1. The molecule has 1 fully saturated rings. The van der Waals surface area contributed by atoms with Crippen LogP contribution in [0.15, 0.2) is 41.4 Å². The third-order valence-corrected chi connectivity index (χ3v) is 6.35. The summed E-state index contributed by atoms with van der Waals surface area (Å²) in [6.45, 7) is 4.00. The molecule has 2 aromatic rings. The summed E-state index contributed by atoms with van der Waals surface area (Å²) in [6, 6.07) is 9.64. The Balaban J connectivity index is 1.76. The highest BCUT2D eigenvalue weighted by atomic mass is 32.1. The van der Waals surface area contributed by atoms with Crippen LogP contribution in [0.5, 0.6) is 0 Å². The SMILES string of the molecule is Cc1ccc(C(=O)N/C(=C\c2cccs2)C(=O)NC2CCCCCCC2)cc1C. The molecule has 4 nitrogen and oxygen atoms in total. The molecule has 2 amide bonds. The Morgan fingerprint density at radius 3 is 2.38 bits per heavy atom. The topological polar surface area (TPSA) is 58.2 Å². The zero-order valence-corrected chi connectivity index (χ0v) is 18.1. The van der Waals surface area contributed by atoms with Crippen molar-refractivity contribution < 1.29 is 9.59 Å². The van der Waals surface area contributed by atoms with E-state index in [4.69, 9.17) is 0 Å². The van der Waals surface area contributed by atoms with Gasteiger partial charge in [0.05, 0.1) is 0 Å². The van der Waals surface area contributed by atoms with E-state index < -0.39 is 0 Å². The Morgan fingerprint density at radius 2 is 1.72 bits per heavy atom. The van der Waals surface area contributed by atoms with Crippen LogP contribution in [0.1, 0.15) is 71.3 Å². The van der Waals surface area contributed by atoms with Crippen LogP contribution in [0, 0.1) is 13.8 Å². The number of nitrogens with one attached hydrogen (secondary N) is 2. The van der Waals surface area contributed by atoms with Crippen molar-refractivity contribution in [1.29, 1.82) is 0 Å². The summed E-state index contributed by atoms with van der Waals surface area (Å²) in [6.07, 6.45) is 9.81. The van der Waals surface area contributed by atoms with E-state index in [-0.39, 0.29) is 17.9 Å². The van der Waals surface area contributed by atoms with Gasteiger partial charge in [0.25, 0.3) is 11.8 Å². The molecule has 0 unspecified atom stereocenters. The highest BCUT2D eigenvalue weighted by Gasteiger charge is 2.19. The van der Waals surface area contributed by atoms with Crippen molar-refractivity contribution in [2.24, 2.45) is 0 Å². The summed E-state index contributed by atoms with van der Waals surface area (Å²) >= 11 is 1.54. The minimum Gasteiger partial charge on any atom is -0.348 e. The second kappa shape index (κ2) is 10.4. The van der Waals surface area contributed by atoms with Crippen molar-refractivity contribution >= 4 is 29.2 Å². The third-order valence-electron chi connectivity index (χ3n) is 5.53. The lowest BCUT2D eigenvalue weighted by molar-refractivity contribution is -0.118. The number of carbonyl (C=O) groups is 2. The Kier molecular flexibility index (Phi) is 7.64. The van der Waals surface area contributed by atoms with Crippen molar-refractivity contribution in [2.75, 3.05) is 0 Å². The van der Waals surface area contributed by atoms with Crippen molar-refractivity contribution in [3.8, 4) is 0 Å². The zero-order valence-electron chi connectivity index (χ0n) is 17.3. The molecule has 1 aliphatic rings. The summed E-state index contributed by atoms with van der Waals surface area (Å²) in [7, 11) is 0. The second-order valence-corrected chi connectivity index (χ2v) is 8.82. The molecule has 0 aliphatic heterocycles. The van der Waals surface area contributed by atoms with Gasteiger partial charge < -0.3 is 10.6 Å². The fourth-order valence-corrected chi connectivity index (χ4v) is 4.27. The van der Waals surface area contributed by atoms with Crippen molar-refractivity contribution in [3.63, 3.8) is 0 Å². The Morgan fingerprint density at radius 1 is 1.00 bits per heavy atom. The molecule has 1 aliphatic carbocycles. The molecule has 1 heterocycles. The first-order valence-electron chi connectivity index (χ1n) is 10.5. The van der Waals surface area contributed by atoms with E-state index >= 15 is 0 Å². The van der Waals surface area contributed by atoms with Gasteiger partial charge in [0.2, 0.25) is 0 Å². The maximum Gasteiger partial charge on any atom is 0.268 e. The van der Waals surface area contributed by atoms with E-state index in [1.54, 1.807) is 23.5 Å². The Hall–Kier alpha value is -2.40. The first-order valence-corrected chi connectivity index (χ1v) is 11.4. The van der Waals surface area contributed by atoms with Gasteiger partial charge in [0.15, 0.2) is 0 Å². The second-order valence-electron chi connectivity index (χ2n) is 7.84. The molecular weight excluding hydrogens is 380 g/mol. The number of carbonyl (C=O) groups excluding carboxylic acids is 2. The Bertz CT molecular complexity index is 863. The molecule has 0 bridgehead atoms. The summed E-state index contributed by atoms with van der Waals surface area (Å²) < 4.78 is 0. The number of thiophene rings is 1. The monoisotopic (exact) mass is 410 g/mol. The van der Waals surface area contributed by atoms with Crippen LogP contribution in [0.2, 0.25) is 0 Å². The first kappa shape index (κ1) is 21.3. The van der Waals surface area contributed by atoms with Gasteiger partial charge in [0.1, 0.15) is 5.70 Å². The molecule has 0 saturated heterocycles. The van der Waals surface area contributed by atoms with E-state index in [1.165, 1.54) is 19.3 Å². The Labute approximate surface area is 177 Å². The third kappa shape index (κ3) is 6.29. The zero-order chi connectivity index (χ0) is 20.6. The molecule has 0 spiro atoms. The molecule has 2 N–H and O–H groups in total. The molecule has 5 heteroatoms. The van der Waals surface area contributed by atoms with Gasteiger partial charge in [-0.2, -0.15) is 0 Å². The summed E-state index contributed by atoms with van der Waals surface area (Å²) in [4.78, 5) is 26.8. The minimum absolute atomic E-state index is 0.174. The summed E-state index contributed by atoms with van der Waals surface area (Å²) in [5, 5.41) is 7.97. The van der Waals surface area contributed by atoms with E-state index in [1.807, 2.05) is 43.5 Å². The molecule has 1 aromatic heterocycles. The molecular formula is C24H30N2O2S. The molecule has 0 atom stereocenters. The molecule has 3 rings (SSSR count). The number of hydrogen-bond acceptors (Lipinski definition) is 3. The summed E-state index contributed by atoms with van der Waals surface area (Å²) in [5.41, 5.74) is 3.06. The summed E-state index contributed by atoms with van der Waals surface area (Å²) in [5.74, 6) is -0.468. The van der Waals surface area contributed by atoms with Gasteiger partial charge in [-0.05, 0) is 67.5 Å². The van der Waals surface area contributed by atoms with Crippen LogP contribution < -0.4 is 10.6 Å². The van der Waals surface area contributed by atoms with E-state index in [9.17, 15) is 9.59 Å². The van der Waals surface area contributed by atoms with Crippen LogP contribution in [-0.4, -0.2) is 17.9 Å². The van der Waals surface area contributed by atoms with E-state index in [2.05, 4.69) is 10.6 Å². The van der Waals surface area contributed by atoms with Crippen LogP contribution in [0.4, 0.5) is 0 Å². The average molecular weight is 411 g/mol. The number of rotatable bonds is 5. The van der Waals surface area contributed by atoms with E-state index in [0.29, 0.717) is 11.3 Å². The van der Waals surface area contributed by atoms with Crippen LogP contribution >= 0.6 is 11.3 Å². The van der Waals surface area contributed by atoms with Crippen molar-refractivity contribution in [2.45, 2.75) is 64.8 Å². The predicted molar refractivity (Wildman–Crippen MR) is 120 cm³/mol. The largest absolute Gasteiger partial charge is 0.348 e. The van der Waals surface area contributed by atoms with Gasteiger partial charge in [-0.15, -0.1) is 11.3 Å². The molecule has 29 heavy (non-hydrogen) atoms. The lowest BCUT2D eigenvalue weighted by atomic mass is 9.96. The predicted octanol–water partition coefficient (Wildman–Crippen LogP) is 5.36.